The third-order valence-electron chi connectivity index (χ3n) is 3.39. The lowest BCUT2D eigenvalue weighted by molar-refractivity contribution is -0.142. The molecule has 1 amide bonds. The van der Waals surface area contributed by atoms with Crippen molar-refractivity contribution in [3.63, 3.8) is 0 Å². The molecule has 5 atom stereocenters. The van der Waals surface area contributed by atoms with Crippen molar-refractivity contribution in [1.82, 2.24) is 5.32 Å². The lowest BCUT2D eigenvalue weighted by Gasteiger charge is -2.38. The first-order chi connectivity index (χ1) is 10.7. The number of ether oxygens (including phenoxy) is 1. The van der Waals surface area contributed by atoms with Crippen molar-refractivity contribution >= 4 is 17.8 Å². The summed E-state index contributed by atoms with van der Waals surface area (Å²) in [5.74, 6) is -3.18. The van der Waals surface area contributed by atoms with Gasteiger partial charge in [-0.05, 0) is 6.08 Å². The fourth-order valence-corrected chi connectivity index (χ4v) is 2.24. The van der Waals surface area contributed by atoms with E-state index < -0.39 is 47.8 Å². The second-order valence-electron chi connectivity index (χ2n) is 5.34. The first-order valence-corrected chi connectivity index (χ1v) is 6.93. The molecule has 0 aromatic heterocycles. The maximum Gasteiger partial charge on any atom is 0.370 e. The van der Waals surface area contributed by atoms with Crippen LogP contribution < -0.4 is 16.8 Å². The number of aliphatic hydroxyl groups excluding tert-OH is 2. The molecule has 8 N–H and O–H groups in total. The van der Waals surface area contributed by atoms with Crippen molar-refractivity contribution < 1.29 is 29.6 Å². The summed E-state index contributed by atoms with van der Waals surface area (Å²) >= 11 is 0. The van der Waals surface area contributed by atoms with E-state index in [0.717, 1.165) is 6.08 Å². The molecule has 0 unspecified atom stereocenters. The topological polar surface area (TPSA) is 180 Å². The number of aliphatic imine (C=N–C) groups is 1. The van der Waals surface area contributed by atoms with Gasteiger partial charge >= 0.3 is 5.97 Å². The average Bonchev–Trinajstić information content (AvgIpc) is 2.45. The van der Waals surface area contributed by atoms with E-state index in [-0.39, 0.29) is 12.6 Å². The molecule has 1 rings (SSSR count). The molecule has 130 valence electrons. The minimum absolute atomic E-state index is 0.309. The van der Waals surface area contributed by atoms with Crippen molar-refractivity contribution in [2.75, 3.05) is 6.61 Å². The molecule has 0 fully saturated rings. The van der Waals surface area contributed by atoms with Crippen molar-refractivity contribution in [3.05, 3.63) is 11.8 Å². The third-order valence-corrected chi connectivity index (χ3v) is 3.39. The Labute approximate surface area is 132 Å². The highest BCUT2D eigenvalue weighted by molar-refractivity contribution is 5.85. The first-order valence-electron chi connectivity index (χ1n) is 6.93. The molecule has 1 heterocycles. The Morgan fingerprint density at radius 2 is 2.09 bits per heavy atom. The Bertz CT molecular complexity index is 517. The van der Waals surface area contributed by atoms with Crippen LogP contribution in [0.3, 0.4) is 0 Å². The quantitative estimate of drug-likeness (QED) is 0.228. The van der Waals surface area contributed by atoms with Gasteiger partial charge in [-0.15, -0.1) is 0 Å². The Morgan fingerprint density at radius 1 is 1.48 bits per heavy atom. The number of carbonyl (C=O) groups excluding carboxylic acids is 1. The fourth-order valence-electron chi connectivity index (χ4n) is 2.24. The number of hydrogen-bond donors (Lipinski definition) is 6. The fraction of sp³-hybridized carbons (Fsp3) is 0.615. The van der Waals surface area contributed by atoms with Crippen molar-refractivity contribution in [3.8, 4) is 0 Å². The number of nitrogens with zero attached hydrogens (tertiary/aromatic N) is 1. The second kappa shape index (κ2) is 7.79. The van der Waals surface area contributed by atoms with E-state index in [4.69, 9.17) is 21.3 Å². The van der Waals surface area contributed by atoms with Gasteiger partial charge in [0.25, 0.3) is 0 Å². The van der Waals surface area contributed by atoms with Crippen LogP contribution in [0, 0.1) is 5.92 Å². The summed E-state index contributed by atoms with van der Waals surface area (Å²) < 4.78 is 5.29. The maximum absolute atomic E-state index is 11.4. The van der Waals surface area contributed by atoms with Crippen LogP contribution in [0.25, 0.3) is 0 Å². The van der Waals surface area contributed by atoms with Crippen LogP contribution in [0.5, 0.6) is 0 Å². The minimum Gasteiger partial charge on any atom is -0.478 e. The SMILES string of the molecule is CC(=O)N[C@H]1[C@H]([C@H](O)[C@H](C)CO)OC(C(=O)O)=C[C@@H]1N=C(N)N. The lowest BCUT2D eigenvalue weighted by Crippen LogP contribution is -2.58. The summed E-state index contributed by atoms with van der Waals surface area (Å²) in [5, 5.41) is 31.2. The molecule has 1 aliphatic heterocycles. The highest BCUT2D eigenvalue weighted by Gasteiger charge is 2.43. The number of rotatable bonds is 6. The summed E-state index contributed by atoms with van der Waals surface area (Å²) in [6.45, 7) is 2.45. The van der Waals surface area contributed by atoms with Gasteiger partial charge in [0.05, 0.1) is 18.2 Å². The summed E-state index contributed by atoms with van der Waals surface area (Å²) in [6.07, 6.45) is -1.25. The van der Waals surface area contributed by atoms with E-state index in [9.17, 15) is 19.8 Å². The third kappa shape index (κ3) is 4.83. The van der Waals surface area contributed by atoms with Gasteiger partial charge in [0, 0.05) is 19.4 Å². The van der Waals surface area contributed by atoms with Gasteiger partial charge in [-0.25, -0.2) is 9.79 Å². The van der Waals surface area contributed by atoms with Gasteiger partial charge in [0.1, 0.15) is 6.10 Å². The predicted octanol–water partition coefficient (Wildman–Crippen LogP) is -2.51. The summed E-state index contributed by atoms with van der Waals surface area (Å²) in [5.41, 5.74) is 10.7. The standard InChI is InChI=1S/C13H22N4O6/c1-5(4-18)10(20)11-9(16-6(2)19)7(17-13(14)15)3-8(23-11)12(21)22/h3,5,7,9-11,18,20H,4H2,1-2H3,(H,16,19)(H,21,22)(H4,14,15,17)/t5-,7+,9-,10-,11-/m1/s1. The molecule has 1 aliphatic rings. The number of hydrogen-bond acceptors (Lipinski definition) is 6. The van der Waals surface area contributed by atoms with Crippen LogP contribution in [-0.4, -0.2) is 64.1 Å². The van der Waals surface area contributed by atoms with E-state index in [1.807, 2.05) is 0 Å². The number of guanidine groups is 1. The normalized spacial score (nSPS) is 26.3. The molecule has 0 aromatic rings. The molecule has 0 saturated heterocycles. The molecule has 0 radical (unpaired) electrons. The van der Waals surface area contributed by atoms with Gasteiger partial charge in [-0.1, -0.05) is 6.92 Å². The molecular weight excluding hydrogens is 308 g/mol. The molecule has 0 saturated carbocycles. The maximum atomic E-state index is 11.4. The zero-order valence-corrected chi connectivity index (χ0v) is 12.8. The van der Waals surface area contributed by atoms with Crippen LogP contribution in [0.15, 0.2) is 16.8 Å². The van der Waals surface area contributed by atoms with E-state index in [1.165, 1.54) is 6.92 Å². The van der Waals surface area contributed by atoms with Crippen LogP contribution in [0.4, 0.5) is 0 Å². The van der Waals surface area contributed by atoms with Crippen LogP contribution in [-0.2, 0) is 14.3 Å². The number of carboxylic acid groups (broad SMARTS) is 1. The number of nitrogens with two attached hydrogens (primary N) is 2. The van der Waals surface area contributed by atoms with Gasteiger partial charge < -0.3 is 36.8 Å². The largest absolute Gasteiger partial charge is 0.478 e. The predicted molar refractivity (Wildman–Crippen MR) is 80.1 cm³/mol. The number of aliphatic carboxylic acids is 1. The molecule has 23 heavy (non-hydrogen) atoms. The van der Waals surface area contributed by atoms with Gasteiger partial charge in [-0.3, -0.25) is 4.79 Å². The Hall–Kier alpha value is -2.33. The number of carbonyl (C=O) groups is 2. The summed E-state index contributed by atoms with van der Waals surface area (Å²) in [6, 6.07) is -1.84. The lowest BCUT2D eigenvalue weighted by atomic mass is 9.89. The van der Waals surface area contributed by atoms with Crippen molar-refractivity contribution in [2.24, 2.45) is 22.4 Å². The Kier molecular flexibility index (Phi) is 6.34. The van der Waals surface area contributed by atoms with Crippen molar-refractivity contribution in [2.45, 2.75) is 38.1 Å². The molecule has 0 spiro atoms. The average molecular weight is 330 g/mol. The number of carboxylic acids is 1. The number of aliphatic hydroxyl groups is 2. The highest BCUT2D eigenvalue weighted by Crippen LogP contribution is 2.26. The van der Waals surface area contributed by atoms with Gasteiger partial charge in [0.2, 0.25) is 11.7 Å². The van der Waals surface area contributed by atoms with Crippen molar-refractivity contribution in [1.29, 1.82) is 0 Å². The second-order valence-corrected chi connectivity index (χ2v) is 5.34. The zero-order valence-electron chi connectivity index (χ0n) is 12.8. The molecule has 10 nitrogen and oxygen atoms in total. The molecule has 0 aliphatic carbocycles. The highest BCUT2D eigenvalue weighted by atomic mass is 16.5. The zero-order chi connectivity index (χ0) is 17.7. The van der Waals surface area contributed by atoms with Crippen LogP contribution >= 0.6 is 0 Å². The van der Waals surface area contributed by atoms with Gasteiger partial charge in [-0.2, -0.15) is 0 Å². The Morgan fingerprint density at radius 3 is 2.52 bits per heavy atom. The molecule has 10 heteroatoms. The monoisotopic (exact) mass is 330 g/mol. The smallest absolute Gasteiger partial charge is 0.370 e. The first kappa shape index (κ1) is 18.7. The number of amides is 1. The van der Waals surface area contributed by atoms with Crippen LogP contribution in [0.2, 0.25) is 0 Å². The minimum atomic E-state index is -1.36. The Balaban J connectivity index is 3.28. The van der Waals surface area contributed by atoms with E-state index >= 15 is 0 Å². The summed E-state index contributed by atoms with van der Waals surface area (Å²) in [4.78, 5) is 26.5. The number of nitrogens with one attached hydrogen (secondary N) is 1. The molecular formula is C13H22N4O6. The molecule has 0 aromatic carbocycles. The molecule has 0 bridgehead atoms. The van der Waals surface area contributed by atoms with E-state index in [2.05, 4.69) is 10.3 Å². The summed E-state index contributed by atoms with van der Waals surface area (Å²) in [7, 11) is 0. The van der Waals surface area contributed by atoms with E-state index in [1.54, 1.807) is 6.92 Å². The van der Waals surface area contributed by atoms with E-state index in [0.29, 0.717) is 0 Å². The van der Waals surface area contributed by atoms with Gasteiger partial charge in [0.15, 0.2) is 5.96 Å². The van der Waals surface area contributed by atoms with Crippen LogP contribution in [0.1, 0.15) is 13.8 Å².